The highest BCUT2D eigenvalue weighted by Gasteiger charge is 2.55. The van der Waals surface area contributed by atoms with Crippen LogP contribution in [-0.2, 0) is 11.2 Å². The lowest BCUT2D eigenvalue weighted by Crippen LogP contribution is -2.43. The molecule has 6 atom stereocenters. The van der Waals surface area contributed by atoms with Crippen molar-refractivity contribution < 1.29 is 15.0 Å². The molecular weight excluding hydrogens is 324 g/mol. The SMILES string of the molecule is C[C@H](CCC(=O)O)[C@H]1CC[C@H]2[C@@H]3CCc4cc(O)ccc4[C@H]3CC[C@]12C. The van der Waals surface area contributed by atoms with E-state index in [1.54, 1.807) is 0 Å². The molecule has 26 heavy (non-hydrogen) atoms. The van der Waals surface area contributed by atoms with E-state index in [1.807, 2.05) is 12.1 Å². The average Bonchev–Trinajstić information content (AvgIpc) is 2.96. The Morgan fingerprint density at radius 1 is 1.27 bits per heavy atom. The van der Waals surface area contributed by atoms with Gasteiger partial charge in [-0.25, -0.2) is 0 Å². The first-order valence-electron chi connectivity index (χ1n) is 10.4. The van der Waals surface area contributed by atoms with Crippen LogP contribution in [-0.4, -0.2) is 16.2 Å². The van der Waals surface area contributed by atoms with Gasteiger partial charge in [-0.2, -0.15) is 0 Å². The summed E-state index contributed by atoms with van der Waals surface area (Å²) >= 11 is 0. The molecule has 1 aromatic carbocycles. The number of fused-ring (bicyclic) bond motifs is 5. The van der Waals surface area contributed by atoms with Gasteiger partial charge in [-0.15, -0.1) is 0 Å². The van der Waals surface area contributed by atoms with E-state index in [1.165, 1.54) is 43.2 Å². The van der Waals surface area contributed by atoms with Crippen molar-refractivity contribution in [1.29, 1.82) is 0 Å². The number of rotatable bonds is 4. The van der Waals surface area contributed by atoms with Crippen LogP contribution in [0.3, 0.4) is 0 Å². The number of benzene rings is 1. The van der Waals surface area contributed by atoms with E-state index >= 15 is 0 Å². The molecular formula is C23H32O3. The van der Waals surface area contributed by atoms with Crippen molar-refractivity contribution in [3.05, 3.63) is 29.3 Å². The molecule has 3 nitrogen and oxygen atoms in total. The summed E-state index contributed by atoms with van der Waals surface area (Å²) < 4.78 is 0. The number of hydrogen-bond acceptors (Lipinski definition) is 2. The molecule has 3 aliphatic carbocycles. The van der Waals surface area contributed by atoms with Gasteiger partial charge in [0.25, 0.3) is 0 Å². The number of carboxylic acid groups (broad SMARTS) is 1. The van der Waals surface area contributed by atoms with Gasteiger partial charge >= 0.3 is 5.97 Å². The Bertz CT molecular complexity index is 697. The van der Waals surface area contributed by atoms with Crippen LogP contribution in [0.2, 0.25) is 0 Å². The maximum Gasteiger partial charge on any atom is 0.303 e. The van der Waals surface area contributed by atoms with Gasteiger partial charge < -0.3 is 10.2 Å². The summed E-state index contributed by atoms with van der Waals surface area (Å²) in [6.45, 7) is 4.79. The number of phenols is 1. The molecule has 0 unspecified atom stereocenters. The second-order valence-electron chi connectivity index (χ2n) is 9.44. The Kier molecular flexibility index (Phi) is 4.53. The lowest BCUT2D eigenvalue weighted by molar-refractivity contribution is -0.137. The van der Waals surface area contributed by atoms with E-state index in [4.69, 9.17) is 5.11 Å². The van der Waals surface area contributed by atoms with E-state index in [2.05, 4.69) is 19.9 Å². The van der Waals surface area contributed by atoms with Crippen molar-refractivity contribution in [3.63, 3.8) is 0 Å². The minimum absolute atomic E-state index is 0.307. The number of phenolic OH excluding ortho intramolecular Hbond substituents is 1. The summed E-state index contributed by atoms with van der Waals surface area (Å²) in [5.74, 6) is 3.12. The minimum atomic E-state index is -0.660. The molecule has 3 aliphatic rings. The summed E-state index contributed by atoms with van der Waals surface area (Å²) in [5, 5.41) is 18.9. The molecule has 142 valence electrons. The molecule has 4 rings (SSSR count). The smallest absolute Gasteiger partial charge is 0.303 e. The first-order valence-corrected chi connectivity index (χ1v) is 10.4. The zero-order chi connectivity index (χ0) is 18.5. The fourth-order valence-electron chi connectivity index (χ4n) is 7.10. The normalized spacial score (nSPS) is 36.7. The van der Waals surface area contributed by atoms with E-state index in [0.717, 1.165) is 24.7 Å². The lowest BCUT2D eigenvalue weighted by atomic mass is 9.53. The number of aromatic hydroxyl groups is 1. The van der Waals surface area contributed by atoms with Crippen LogP contribution in [0.5, 0.6) is 5.75 Å². The summed E-state index contributed by atoms with van der Waals surface area (Å²) in [5.41, 5.74) is 3.23. The summed E-state index contributed by atoms with van der Waals surface area (Å²) in [7, 11) is 0. The second-order valence-corrected chi connectivity index (χ2v) is 9.44. The topological polar surface area (TPSA) is 57.5 Å². The highest BCUT2D eigenvalue weighted by Crippen LogP contribution is 2.64. The number of carboxylic acids is 1. The maximum absolute atomic E-state index is 11.0. The van der Waals surface area contributed by atoms with Crippen molar-refractivity contribution in [2.45, 2.75) is 71.1 Å². The van der Waals surface area contributed by atoms with Gasteiger partial charge in [0, 0.05) is 6.42 Å². The van der Waals surface area contributed by atoms with Gasteiger partial charge in [0.15, 0.2) is 0 Å². The molecule has 2 saturated carbocycles. The van der Waals surface area contributed by atoms with Crippen LogP contribution in [0.4, 0.5) is 0 Å². The standard InChI is InChI=1S/C23H32O3/c1-14(3-10-22(25)26)20-8-9-21-19-6-4-15-13-16(24)5-7-17(15)18(19)11-12-23(20,21)2/h5,7,13-14,18-21,24H,3-4,6,8-12H2,1-2H3,(H,25,26)/t14-,18-,19-,20-,21+,23-/m1/s1. The molecule has 0 radical (unpaired) electrons. The first kappa shape index (κ1) is 17.9. The van der Waals surface area contributed by atoms with Crippen molar-refractivity contribution in [3.8, 4) is 5.75 Å². The minimum Gasteiger partial charge on any atom is -0.508 e. The maximum atomic E-state index is 11.0. The predicted molar refractivity (Wildman–Crippen MR) is 102 cm³/mol. The zero-order valence-electron chi connectivity index (χ0n) is 16.1. The number of aliphatic carboxylic acids is 1. The van der Waals surface area contributed by atoms with Crippen molar-refractivity contribution in [2.24, 2.45) is 29.1 Å². The number of aryl methyl sites for hydroxylation is 1. The molecule has 0 aliphatic heterocycles. The molecule has 1 aromatic rings. The van der Waals surface area contributed by atoms with Gasteiger partial charge in [0.1, 0.15) is 5.75 Å². The Hall–Kier alpha value is -1.51. The Balaban J connectivity index is 1.55. The molecule has 0 heterocycles. The molecule has 2 N–H and O–H groups in total. The molecule has 0 spiro atoms. The van der Waals surface area contributed by atoms with E-state index in [9.17, 15) is 9.90 Å². The third kappa shape index (κ3) is 2.84. The van der Waals surface area contributed by atoms with Gasteiger partial charge in [0.05, 0.1) is 0 Å². The molecule has 0 saturated heterocycles. The number of hydrogen-bond donors (Lipinski definition) is 2. The van der Waals surface area contributed by atoms with Gasteiger partial charge in [-0.1, -0.05) is 19.9 Å². The van der Waals surface area contributed by atoms with Crippen molar-refractivity contribution >= 4 is 5.97 Å². The van der Waals surface area contributed by atoms with Gasteiger partial charge in [-0.3, -0.25) is 4.79 Å². The zero-order valence-corrected chi connectivity index (χ0v) is 16.1. The monoisotopic (exact) mass is 356 g/mol. The van der Waals surface area contributed by atoms with Crippen LogP contribution in [0.15, 0.2) is 18.2 Å². The van der Waals surface area contributed by atoms with Crippen molar-refractivity contribution in [1.82, 2.24) is 0 Å². The van der Waals surface area contributed by atoms with Crippen molar-refractivity contribution in [2.75, 3.05) is 0 Å². The molecule has 0 aromatic heterocycles. The van der Waals surface area contributed by atoms with E-state index < -0.39 is 5.97 Å². The Labute approximate surface area is 156 Å². The largest absolute Gasteiger partial charge is 0.508 e. The molecule has 2 fully saturated rings. The summed E-state index contributed by atoms with van der Waals surface area (Å²) in [6.07, 6.45) is 8.56. The van der Waals surface area contributed by atoms with E-state index in [0.29, 0.717) is 35.3 Å². The van der Waals surface area contributed by atoms with Crippen LogP contribution in [0.1, 0.15) is 75.8 Å². The Morgan fingerprint density at radius 3 is 2.85 bits per heavy atom. The van der Waals surface area contributed by atoms with Crippen LogP contribution < -0.4 is 0 Å². The van der Waals surface area contributed by atoms with Gasteiger partial charge in [-0.05, 0) is 103 Å². The summed E-state index contributed by atoms with van der Waals surface area (Å²) in [6, 6.07) is 6.01. The second kappa shape index (κ2) is 6.58. The van der Waals surface area contributed by atoms with Crippen LogP contribution in [0.25, 0.3) is 0 Å². The highest BCUT2D eigenvalue weighted by atomic mass is 16.4. The molecule has 3 heteroatoms. The van der Waals surface area contributed by atoms with Crippen LogP contribution >= 0.6 is 0 Å². The Morgan fingerprint density at radius 2 is 2.08 bits per heavy atom. The van der Waals surface area contributed by atoms with E-state index in [-0.39, 0.29) is 0 Å². The molecule has 0 amide bonds. The first-order chi connectivity index (χ1) is 12.4. The predicted octanol–water partition coefficient (Wildman–Crippen LogP) is 5.37. The third-order valence-electron chi connectivity index (χ3n) is 8.28. The molecule has 0 bridgehead atoms. The quantitative estimate of drug-likeness (QED) is 0.763. The summed E-state index contributed by atoms with van der Waals surface area (Å²) in [4.78, 5) is 11.0. The number of carbonyl (C=O) groups is 1. The van der Waals surface area contributed by atoms with Crippen LogP contribution in [0, 0.1) is 29.1 Å². The average molecular weight is 357 g/mol. The lowest BCUT2D eigenvalue weighted by Gasteiger charge is -2.52. The highest BCUT2D eigenvalue weighted by molar-refractivity contribution is 5.66. The third-order valence-corrected chi connectivity index (χ3v) is 8.28. The fraction of sp³-hybridized carbons (Fsp3) is 0.696. The fourth-order valence-corrected chi connectivity index (χ4v) is 7.10. The van der Waals surface area contributed by atoms with Gasteiger partial charge in [0.2, 0.25) is 0 Å².